The monoisotopic (exact) mass is 1520 g/mol. The molecule has 596 valence electrons. The van der Waals surface area contributed by atoms with Gasteiger partial charge in [-0.25, -0.2) is 49.6 Å². The predicted molar refractivity (Wildman–Crippen MR) is 319 cm³/mol. The van der Waals surface area contributed by atoms with Crippen molar-refractivity contribution < 1.29 is 169 Å². The highest BCUT2D eigenvalue weighted by atomic mass is 19.4. The quantitative estimate of drug-likeness (QED) is 0.0990. The Bertz CT molecular complexity index is 2950. The molecule has 16 saturated heterocycles. The molecule has 8 bridgehead atoms. The summed E-state index contributed by atoms with van der Waals surface area (Å²) in [6, 6.07) is 0. The van der Waals surface area contributed by atoms with Gasteiger partial charge in [-0.2, -0.15) is 62.5 Å². The summed E-state index contributed by atoms with van der Waals surface area (Å²) in [5.41, 5.74) is -4.51. The van der Waals surface area contributed by atoms with Gasteiger partial charge in [-0.1, -0.05) is 55.4 Å². The van der Waals surface area contributed by atoms with Crippen LogP contribution < -0.4 is 0 Å². The van der Waals surface area contributed by atoms with Gasteiger partial charge in [-0.05, 0) is 152 Å². The summed E-state index contributed by atoms with van der Waals surface area (Å²) in [5, 5.41) is 18.4. The molecule has 16 aliphatic heterocycles. The van der Waals surface area contributed by atoms with Crippen molar-refractivity contribution in [3.05, 3.63) is 0 Å². The van der Waals surface area contributed by atoms with Crippen LogP contribution in [0.4, 0.5) is 52.7 Å². The lowest BCUT2D eigenvalue weighted by Crippen LogP contribution is -2.76. The standard InChI is InChI=1S/2C18H25F3O6.2C16H23F3O6/c2*1-10-4-5-13-11(2)17(18(19,20)21,23-9-8-22)25-14-16(13)12(10)6-7-15(3,24-14)26-27-16;2*1-8-4-5-11-9(2)15(23-20,16(17,18)19)22-12-14(11)10(8)6-7-13(3,21-12)24-25-14/h2*8,10-14H,4-7,9H2,1-3H3;2*8-12,20H,4-7H2,1-3H3/t2*10-,11-,12+,13+,14+,15+,16?,17-;2*8-,9-,10+,11+,12+,13+,14?,15+/m1111/s1. The van der Waals surface area contributed by atoms with E-state index in [1.807, 2.05) is 0 Å². The highest BCUT2D eigenvalue weighted by Crippen LogP contribution is 2.70. The van der Waals surface area contributed by atoms with Crippen molar-refractivity contribution in [3.63, 3.8) is 0 Å². The van der Waals surface area contributed by atoms with Crippen LogP contribution in [0.2, 0.25) is 0 Å². The Kier molecular flexibility index (Phi) is 20.4. The first-order chi connectivity index (χ1) is 48.4. The van der Waals surface area contributed by atoms with E-state index in [9.17, 15) is 72.8 Å². The molecule has 0 aromatic rings. The molecule has 0 radical (unpaired) electrons. The fourth-order valence-electron chi connectivity index (χ4n) is 22.1. The number of hydrogen-bond acceptors (Lipinski definition) is 24. The van der Waals surface area contributed by atoms with Crippen molar-refractivity contribution in [1.82, 2.24) is 0 Å². The zero-order chi connectivity index (χ0) is 75.8. The summed E-state index contributed by atoms with van der Waals surface area (Å²) in [6.45, 7) is 19.0. The first kappa shape index (κ1) is 79.7. The van der Waals surface area contributed by atoms with Crippen LogP contribution in [0.15, 0.2) is 0 Å². The fraction of sp³-hybridized carbons (Fsp3) is 0.971. The molecule has 24 nitrogen and oxygen atoms in total. The van der Waals surface area contributed by atoms with Crippen LogP contribution in [0.25, 0.3) is 0 Å². The second-order valence-corrected chi connectivity index (χ2v) is 33.1. The summed E-state index contributed by atoms with van der Waals surface area (Å²) in [6.07, 6.45) is -14.4. The molecule has 0 aromatic carbocycles. The van der Waals surface area contributed by atoms with Crippen molar-refractivity contribution in [2.75, 3.05) is 13.2 Å². The molecular weight excluding hydrogens is 1430 g/mol. The molecule has 0 aromatic heterocycles. The number of aldehydes is 2. The minimum atomic E-state index is -4.93. The zero-order valence-corrected chi connectivity index (χ0v) is 59.8. The highest BCUT2D eigenvalue weighted by molar-refractivity contribution is 5.51. The minimum Gasteiger partial charge on any atom is -0.335 e. The summed E-state index contributed by atoms with van der Waals surface area (Å²) < 4.78 is 223. The molecule has 104 heavy (non-hydrogen) atoms. The molecule has 4 aliphatic carbocycles. The van der Waals surface area contributed by atoms with E-state index >= 15 is 0 Å². The fourth-order valence-corrected chi connectivity index (χ4v) is 22.1. The first-order valence-corrected chi connectivity index (χ1v) is 36.4. The average molecular weight is 1530 g/mol. The number of hydrogen-bond donors (Lipinski definition) is 2. The third-order valence-corrected chi connectivity index (χ3v) is 27.6. The van der Waals surface area contributed by atoms with E-state index in [4.69, 9.17) is 86.5 Å². The number of fused-ring (bicyclic) bond motifs is 8. The van der Waals surface area contributed by atoms with E-state index in [1.54, 1.807) is 27.7 Å². The number of ether oxygens (including phenoxy) is 10. The van der Waals surface area contributed by atoms with E-state index in [1.165, 1.54) is 27.7 Å². The van der Waals surface area contributed by atoms with Crippen LogP contribution in [0, 0.1) is 94.7 Å². The van der Waals surface area contributed by atoms with Crippen molar-refractivity contribution in [2.24, 2.45) is 94.7 Å². The minimum absolute atomic E-state index is 0.0506. The molecule has 20 rings (SSSR count). The van der Waals surface area contributed by atoms with Crippen LogP contribution in [-0.2, 0) is 106 Å². The Morgan fingerprint density at radius 1 is 0.317 bits per heavy atom. The van der Waals surface area contributed by atoms with E-state index in [0.717, 1.165) is 38.5 Å². The van der Waals surface area contributed by atoms with Crippen molar-refractivity contribution in [3.8, 4) is 0 Å². The lowest BCUT2D eigenvalue weighted by atomic mass is 9.57. The van der Waals surface area contributed by atoms with Gasteiger partial charge in [0.25, 0.3) is 11.6 Å². The maximum Gasteiger partial charge on any atom is 0.446 e. The van der Waals surface area contributed by atoms with E-state index < -0.39 is 179 Å². The molecule has 2 N–H and O–H groups in total. The third-order valence-electron chi connectivity index (χ3n) is 27.6. The maximum atomic E-state index is 14.2. The molecule has 20 fully saturated rings. The van der Waals surface area contributed by atoms with Crippen LogP contribution in [0.5, 0.6) is 0 Å². The smallest absolute Gasteiger partial charge is 0.335 e. The van der Waals surface area contributed by atoms with Crippen molar-refractivity contribution >= 4 is 12.6 Å². The number of rotatable bonds is 8. The normalized spacial score (nSPS) is 53.8. The zero-order valence-electron chi connectivity index (χ0n) is 59.8. The van der Waals surface area contributed by atoms with Gasteiger partial charge in [0, 0.05) is 73.0 Å². The maximum absolute atomic E-state index is 14.2. The van der Waals surface area contributed by atoms with E-state index in [2.05, 4.69) is 37.5 Å². The van der Waals surface area contributed by atoms with Gasteiger partial charge in [0.05, 0.1) is 0 Å². The van der Waals surface area contributed by atoms with E-state index in [0.29, 0.717) is 76.8 Å². The number of alkyl halides is 12. The molecule has 20 aliphatic rings. The second kappa shape index (κ2) is 26.6. The Morgan fingerprint density at radius 3 is 0.731 bits per heavy atom. The van der Waals surface area contributed by atoms with Crippen LogP contribution >= 0.6 is 0 Å². The van der Waals surface area contributed by atoms with Gasteiger partial charge in [-0.15, -0.1) is 0 Å². The van der Waals surface area contributed by atoms with Gasteiger partial charge >= 0.3 is 36.3 Å². The summed E-state index contributed by atoms with van der Waals surface area (Å²) in [5.74, 6) is -23.1. The predicted octanol–water partition coefficient (Wildman–Crippen LogP) is 13.9. The summed E-state index contributed by atoms with van der Waals surface area (Å²) in [4.78, 5) is 74.9. The molecule has 4 spiro atoms. The van der Waals surface area contributed by atoms with Gasteiger partial charge in [0.15, 0.2) is 47.6 Å². The van der Waals surface area contributed by atoms with Gasteiger partial charge in [0.2, 0.25) is 23.1 Å². The van der Waals surface area contributed by atoms with Crippen LogP contribution in [-0.4, -0.2) is 155 Å². The van der Waals surface area contributed by atoms with Crippen molar-refractivity contribution in [2.45, 2.75) is 304 Å². The van der Waals surface area contributed by atoms with Crippen LogP contribution in [0.1, 0.15) is 186 Å². The Balaban J connectivity index is 0.000000123. The number of halogens is 12. The largest absolute Gasteiger partial charge is 0.446 e. The second-order valence-electron chi connectivity index (χ2n) is 33.1. The SMILES string of the molecule is C[C@@H]1CC[C@H]2[C@@H](C)[C@](OCC=O)(C(F)(F)F)O[C@@H]3O[C@]4(C)CC[C@@H]1C32OO4.C[C@@H]1CC[C@H]2[C@@H](C)[C@](OCC=O)(C(F)(F)F)O[C@@H]3O[C@]4(C)CC[C@@H]1C32OO4.C[C@@H]1CC[C@H]2[C@@H](C)[C@](OO)(C(F)(F)F)O[C@@H]3O[C@]4(C)CC[C@@H]1C32OO4.C[C@@H]1CC[C@H]2[C@@H](C)[C@](OO)(C(F)(F)F)O[C@@H]3O[C@]4(C)CC[C@@H]1C32OO4. The summed E-state index contributed by atoms with van der Waals surface area (Å²) >= 11 is 0. The van der Waals surface area contributed by atoms with Crippen molar-refractivity contribution in [1.29, 1.82) is 0 Å². The molecular formula is C68H96F12O24. The molecule has 16 heterocycles. The number of carbonyl (C=O) groups excluding carboxylic acids is 2. The topological polar surface area (TPSA) is 259 Å². The average Bonchev–Trinajstić information content (AvgIpc) is 1.29. The van der Waals surface area contributed by atoms with Gasteiger partial charge in [0.1, 0.15) is 25.8 Å². The first-order valence-electron chi connectivity index (χ1n) is 36.4. The Labute approximate surface area is 592 Å². The number of carbonyl (C=O) groups is 2. The molecule has 4 saturated carbocycles. The van der Waals surface area contributed by atoms with E-state index in [-0.39, 0.29) is 47.3 Å². The molecule has 36 heteroatoms. The lowest BCUT2D eigenvalue weighted by molar-refractivity contribution is -0.616. The molecule has 32 atom stereocenters. The Hall–Kier alpha value is -2.38. The summed E-state index contributed by atoms with van der Waals surface area (Å²) in [7, 11) is 0. The van der Waals surface area contributed by atoms with Gasteiger partial charge in [-0.3, -0.25) is 0 Å². The highest BCUT2D eigenvalue weighted by Gasteiger charge is 2.83. The van der Waals surface area contributed by atoms with Crippen LogP contribution in [0.3, 0.4) is 0 Å². The Morgan fingerprint density at radius 2 is 0.529 bits per heavy atom. The lowest BCUT2D eigenvalue weighted by Gasteiger charge is -2.62. The molecule has 4 unspecified atom stereocenters. The third kappa shape index (κ3) is 11.6. The molecule has 0 amide bonds. The van der Waals surface area contributed by atoms with Gasteiger partial charge < -0.3 is 57.0 Å².